The number of rotatable bonds is 6. The summed E-state index contributed by atoms with van der Waals surface area (Å²) in [6, 6.07) is 7.67. The molecule has 5 heteroatoms. The Morgan fingerprint density at radius 1 is 1.24 bits per heavy atom. The van der Waals surface area contributed by atoms with Crippen molar-refractivity contribution in [1.29, 1.82) is 0 Å². The summed E-state index contributed by atoms with van der Waals surface area (Å²) in [7, 11) is 0. The van der Waals surface area contributed by atoms with Crippen LogP contribution in [0.4, 0.5) is 0 Å². The lowest BCUT2D eigenvalue weighted by Crippen LogP contribution is -2.39. The smallest absolute Gasteiger partial charge is 0.347 e. The molecule has 0 heterocycles. The van der Waals surface area contributed by atoms with Gasteiger partial charge in [0.05, 0.1) is 0 Å². The van der Waals surface area contributed by atoms with Gasteiger partial charge in [-0.2, -0.15) is 0 Å². The fraction of sp³-hybridized carbons (Fsp3) is 0.500. The summed E-state index contributed by atoms with van der Waals surface area (Å²) in [6.07, 6.45) is 0.433. The van der Waals surface area contributed by atoms with Crippen LogP contribution in [-0.4, -0.2) is 30.1 Å². The Balaban J connectivity index is 1.82. The van der Waals surface area contributed by atoms with Crippen LogP contribution < -0.4 is 10.1 Å². The number of hydrogen-bond donors (Lipinski definition) is 1. The molecule has 0 radical (unpaired) electrons. The van der Waals surface area contributed by atoms with Gasteiger partial charge in [-0.1, -0.05) is 12.1 Å². The van der Waals surface area contributed by atoms with E-state index in [1.54, 1.807) is 19.9 Å². The molecule has 0 unspecified atom stereocenters. The van der Waals surface area contributed by atoms with Crippen molar-refractivity contribution < 1.29 is 19.1 Å². The third kappa shape index (κ3) is 4.77. The highest BCUT2D eigenvalue weighted by atomic mass is 16.6. The van der Waals surface area contributed by atoms with Gasteiger partial charge in [0.15, 0.2) is 12.2 Å². The van der Waals surface area contributed by atoms with Crippen molar-refractivity contribution in [3.63, 3.8) is 0 Å². The van der Waals surface area contributed by atoms with Gasteiger partial charge in [-0.3, -0.25) is 4.79 Å². The number of esters is 1. The number of ether oxygens (including phenoxy) is 2. The van der Waals surface area contributed by atoms with Crippen LogP contribution in [0.25, 0.3) is 0 Å². The molecule has 1 amide bonds. The summed E-state index contributed by atoms with van der Waals surface area (Å²) in [5.41, 5.74) is 1.05. The molecule has 2 rings (SSSR count). The molecular formula is C16H21NO4. The van der Waals surface area contributed by atoms with Crippen molar-refractivity contribution in [3.8, 4) is 5.75 Å². The number of carbonyl (C=O) groups is 2. The molecule has 1 aromatic rings. The van der Waals surface area contributed by atoms with Crippen molar-refractivity contribution in [2.45, 2.75) is 51.9 Å². The molecule has 1 aliphatic carbocycles. The Bertz CT molecular complexity index is 525. The largest absolute Gasteiger partial charge is 0.479 e. The quantitative estimate of drug-likeness (QED) is 0.814. The summed E-state index contributed by atoms with van der Waals surface area (Å²) in [5, 5.41) is 2.80. The Kier molecular flexibility index (Phi) is 4.83. The van der Waals surface area contributed by atoms with Crippen LogP contribution in [0.5, 0.6) is 5.75 Å². The molecule has 0 aromatic heterocycles. The standard InChI is InChI=1S/C16H21NO4/c1-10-5-4-6-14(9-10)20-12(3)16(19)21-11(2)15(18)17-13-7-8-13/h4-6,9,11-13H,7-8H2,1-3H3,(H,17,18)/t11-,12+/m0/s1. The number of aryl methyl sites for hydroxylation is 1. The molecule has 1 aliphatic rings. The van der Waals surface area contributed by atoms with E-state index in [4.69, 9.17) is 9.47 Å². The lowest BCUT2D eigenvalue weighted by atomic mass is 10.2. The number of nitrogens with one attached hydrogen (secondary N) is 1. The number of amides is 1. The fourth-order valence-electron chi connectivity index (χ4n) is 1.81. The zero-order valence-corrected chi connectivity index (χ0v) is 12.6. The van der Waals surface area contributed by atoms with Crippen LogP contribution in [0, 0.1) is 6.92 Å². The molecule has 1 N–H and O–H groups in total. The van der Waals surface area contributed by atoms with Gasteiger partial charge in [0.1, 0.15) is 5.75 Å². The first-order chi connectivity index (χ1) is 9.95. The third-order valence-corrected chi connectivity index (χ3v) is 3.22. The van der Waals surface area contributed by atoms with Crippen LogP contribution in [-0.2, 0) is 14.3 Å². The first kappa shape index (κ1) is 15.4. The van der Waals surface area contributed by atoms with Gasteiger partial charge in [0.25, 0.3) is 5.91 Å². The molecule has 0 bridgehead atoms. The lowest BCUT2D eigenvalue weighted by molar-refractivity contribution is -0.160. The van der Waals surface area contributed by atoms with Crippen LogP contribution in [0.1, 0.15) is 32.3 Å². The molecule has 0 spiro atoms. The number of carbonyl (C=O) groups excluding carboxylic acids is 2. The Morgan fingerprint density at radius 2 is 1.95 bits per heavy atom. The summed E-state index contributed by atoms with van der Waals surface area (Å²) >= 11 is 0. The minimum atomic E-state index is -0.804. The van der Waals surface area contributed by atoms with Crippen LogP contribution in [0.2, 0.25) is 0 Å². The highest BCUT2D eigenvalue weighted by Gasteiger charge is 2.28. The molecule has 5 nitrogen and oxygen atoms in total. The second-order valence-electron chi connectivity index (χ2n) is 5.44. The normalized spacial score (nSPS) is 16.7. The van der Waals surface area contributed by atoms with Crippen molar-refractivity contribution in [1.82, 2.24) is 5.32 Å². The van der Waals surface area contributed by atoms with Gasteiger partial charge in [-0.15, -0.1) is 0 Å². The topological polar surface area (TPSA) is 64.6 Å². The summed E-state index contributed by atoms with van der Waals surface area (Å²) in [5.74, 6) is -0.196. The third-order valence-electron chi connectivity index (χ3n) is 3.22. The average molecular weight is 291 g/mol. The van der Waals surface area contributed by atoms with Crippen molar-refractivity contribution in [2.24, 2.45) is 0 Å². The fourth-order valence-corrected chi connectivity index (χ4v) is 1.81. The molecule has 1 aromatic carbocycles. The molecular weight excluding hydrogens is 270 g/mol. The Labute approximate surface area is 124 Å². The molecule has 2 atom stereocenters. The predicted molar refractivity (Wildman–Crippen MR) is 78.0 cm³/mol. The van der Waals surface area contributed by atoms with E-state index in [-0.39, 0.29) is 11.9 Å². The van der Waals surface area contributed by atoms with E-state index in [9.17, 15) is 9.59 Å². The first-order valence-corrected chi connectivity index (χ1v) is 7.20. The Morgan fingerprint density at radius 3 is 2.57 bits per heavy atom. The summed E-state index contributed by atoms with van der Waals surface area (Å²) in [6.45, 7) is 5.12. The van der Waals surface area contributed by atoms with Gasteiger partial charge in [0, 0.05) is 6.04 Å². The van der Waals surface area contributed by atoms with Gasteiger partial charge in [0.2, 0.25) is 0 Å². The maximum Gasteiger partial charge on any atom is 0.347 e. The lowest BCUT2D eigenvalue weighted by Gasteiger charge is -2.17. The molecule has 1 fully saturated rings. The first-order valence-electron chi connectivity index (χ1n) is 7.20. The van der Waals surface area contributed by atoms with Gasteiger partial charge in [-0.05, 0) is 51.3 Å². The molecule has 21 heavy (non-hydrogen) atoms. The van der Waals surface area contributed by atoms with Crippen LogP contribution >= 0.6 is 0 Å². The van der Waals surface area contributed by atoms with E-state index in [2.05, 4.69) is 5.32 Å². The van der Waals surface area contributed by atoms with E-state index in [1.807, 2.05) is 25.1 Å². The van der Waals surface area contributed by atoms with E-state index in [0.717, 1.165) is 18.4 Å². The molecule has 1 saturated carbocycles. The number of hydrogen-bond acceptors (Lipinski definition) is 4. The second kappa shape index (κ2) is 6.61. The van der Waals surface area contributed by atoms with Crippen molar-refractivity contribution in [2.75, 3.05) is 0 Å². The van der Waals surface area contributed by atoms with Gasteiger partial charge in [-0.25, -0.2) is 4.79 Å². The monoisotopic (exact) mass is 291 g/mol. The van der Waals surface area contributed by atoms with Crippen molar-refractivity contribution >= 4 is 11.9 Å². The highest BCUT2D eigenvalue weighted by Crippen LogP contribution is 2.19. The minimum Gasteiger partial charge on any atom is -0.479 e. The molecule has 0 saturated heterocycles. The predicted octanol–water partition coefficient (Wildman–Crippen LogP) is 1.97. The van der Waals surface area contributed by atoms with Crippen LogP contribution in [0.15, 0.2) is 24.3 Å². The van der Waals surface area contributed by atoms with E-state index in [1.165, 1.54) is 0 Å². The SMILES string of the molecule is Cc1cccc(O[C@H](C)C(=O)O[C@@H](C)C(=O)NC2CC2)c1. The van der Waals surface area contributed by atoms with Crippen LogP contribution in [0.3, 0.4) is 0 Å². The van der Waals surface area contributed by atoms with E-state index >= 15 is 0 Å². The maximum absolute atomic E-state index is 11.9. The summed E-state index contributed by atoms with van der Waals surface area (Å²) in [4.78, 5) is 23.6. The Hall–Kier alpha value is -2.04. The molecule has 0 aliphatic heterocycles. The second-order valence-corrected chi connectivity index (χ2v) is 5.44. The zero-order chi connectivity index (χ0) is 15.4. The maximum atomic E-state index is 11.9. The molecule has 114 valence electrons. The minimum absolute atomic E-state index is 0.250. The highest BCUT2D eigenvalue weighted by molar-refractivity contribution is 5.84. The van der Waals surface area contributed by atoms with E-state index < -0.39 is 18.2 Å². The number of benzene rings is 1. The summed E-state index contributed by atoms with van der Waals surface area (Å²) < 4.78 is 10.7. The van der Waals surface area contributed by atoms with Gasteiger partial charge < -0.3 is 14.8 Å². The zero-order valence-electron chi connectivity index (χ0n) is 12.6. The van der Waals surface area contributed by atoms with Gasteiger partial charge >= 0.3 is 5.97 Å². The van der Waals surface area contributed by atoms with Crippen molar-refractivity contribution in [3.05, 3.63) is 29.8 Å². The van der Waals surface area contributed by atoms with E-state index in [0.29, 0.717) is 5.75 Å². The average Bonchev–Trinajstić information content (AvgIpc) is 3.22.